The predicted octanol–water partition coefficient (Wildman–Crippen LogP) is 4.85. The molecule has 3 rings (SSSR count). The van der Waals surface area contributed by atoms with Crippen molar-refractivity contribution in [1.82, 2.24) is 5.32 Å². The van der Waals surface area contributed by atoms with Crippen molar-refractivity contribution in [2.45, 2.75) is 84.8 Å². The third-order valence-corrected chi connectivity index (χ3v) is 6.41. The fourth-order valence-corrected chi connectivity index (χ4v) is 4.78. The van der Waals surface area contributed by atoms with Crippen LogP contribution in [0, 0.1) is 23.2 Å². The molecule has 5 heteroatoms. The summed E-state index contributed by atoms with van der Waals surface area (Å²) in [6.45, 7) is 10.4. The van der Waals surface area contributed by atoms with Gasteiger partial charge in [0.05, 0.1) is 7.11 Å². The summed E-state index contributed by atoms with van der Waals surface area (Å²) in [4.78, 5) is 23.4. The van der Waals surface area contributed by atoms with E-state index in [0.717, 1.165) is 31.6 Å². The van der Waals surface area contributed by atoms with Crippen LogP contribution < -0.4 is 5.32 Å². The summed E-state index contributed by atoms with van der Waals surface area (Å²) in [6, 6.07) is 0.200. The Morgan fingerprint density at radius 3 is 2.48 bits per heavy atom. The SMILES string of the molecule is COC(=O)C=CCCCC[C@H]1C[C@H]2C[C@@H]([C@@H]1NC(=O)OC(C)(C)C)C2(C)C. The molecule has 154 valence electrons. The van der Waals surface area contributed by atoms with Gasteiger partial charge in [-0.05, 0) is 76.0 Å². The van der Waals surface area contributed by atoms with Crippen LogP contribution in [0.25, 0.3) is 0 Å². The second kappa shape index (κ2) is 8.66. The van der Waals surface area contributed by atoms with Crippen LogP contribution in [0.1, 0.15) is 73.1 Å². The smallest absolute Gasteiger partial charge is 0.407 e. The van der Waals surface area contributed by atoms with Gasteiger partial charge in [0.25, 0.3) is 0 Å². The van der Waals surface area contributed by atoms with E-state index in [-0.39, 0.29) is 18.1 Å². The highest BCUT2D eigenvalue weighted by molar-refractivity contribution is 5.81. The third kappa shape index (κ3) is 5.73. The topological polar surface area (TPSA) is 64.6 Å². The number of hydrogen-bond donors (Lipinski definition) is 1. The van der Waals surface area contributed by atoms with Crippen LogP contribution in [0.15, 0.2) is 12.2 Å². The molecule has 3 aliphatic rings. The van der Waals surface area contributed by atoms with E-state index < -0.39 is 5.60 Å². The van der Waals surface area contributed by atoms with Crippen LogP contribution in [-0.2, 0) is 14.3 Å². The lowest BCUT2D eigenvalue weighted by molar-refractivity contribution is -0.134. The lowest BCUT2D eigenvalue weighted by Gasteiger charge is -2.62. The van der Waals surface area contributed by atoms with Crippen LogP contribution in [0.4, 0.5) is 4.79 Å². The molecular formula is C22H37NO4. The number of fused-ring (bicyclic) bond motifs is 2. The zero-order valence-corrected chi connectivity index (χ0v) is 17.8. The van der Waals surface area contributed by atoms with Gasteiger partial charge in [0.1, 0.15) is 5.60 Å². The van der Waals surface area contributed by atoms with E-state index in [1.54, 1.807) is 0 Å². The molecule has 0 aromatic heterocycles. The first-order valence-corrected chi connectivity index (χ1v) is 10.3. The third-order valence-electron chi connectivity index (χ3n) is 6.41. The Morgan fingerprint density at radius 2 is 1.89 bits per heavy atom. The normalized spacial score (nSPS) is 29.1. The Bertz CT molecular complexity index is 561. The minimum Gasteiger partial charge on any atom is -0.466 e. The van der Waals surface area contributed by atoms with Crippen molar-refractivity contribution >= 4 is 12.1 Å². The molecule has 4 atom stereocenters. The van der Waals surface area contributed by atoms with E-state index >= 15 is 0 Å². The maximum absolute atomic E-state index is 12.4. The maximum atomic E-state index is 12.4. The van der Waals surface area contributed by atoms with Crippen molar-refractivity contribution in [3.63, 3.8) is 0 Å². The average molecular weight is 380 g/mol. The number of alkyl carbamates (subject to hydrolysis) is 1. The van der Waals surface area contributed by atoms with Crippen molar-refractivity contribution in [2.24, 2.45) is 23.2 Å². The van der Waals surface area contributed by atoms with Crippen LogP contribution in [-0.4, -0.2) is 30.8 Å². The van der Waals surface area contributed by atoms with Gasteiger partial charge in [-0.25, -0.2) is 9.59 Å². The Labute approximate surface area is 164 Å². The van der Waals surface area contributed by atoms with E-state index in [9.17, 15) is 9.59 Å². The Hall–Kier alpha value is -1.52. The number of carbonyl (C=O) groups is 2. The highest BCUT2D eigenvalue weighted by Crippen LogP contribution is 2.61. The number of allylic oxidation sites excluding steroid dienone is 1. The van der Waals surface area contributed by atoms with Gasteiger partial charge in [-0.1, -0.05) is 26.3 Å². The first kappa shape index (κ1) is 21.8. The summed E-state index contributed by atoms with van der Waals surface area (Å²) in [7, 11) is 1.39. The zero-order valence-electron chi connectivity index (χ0n) is 17.8. The number of esters is 1. The van der Waals surface area contributed by atoms with E-state index in [1.165, 1.54) is 26.0 Å². The molecule has 3 saturated carbocycles. The molecule has 0 spiro atoms. The van der Waals surface area contributed by atoms with Crippen LogP contribution in [0.2, 0.25) is 0 Å². The Kier molecular flexibility index (Phi) is 6.98. The maximum Gasteiger partial charge on any atom is 0.407 e. The molecule has 0 aliphatic heterocycles. The summed E-state index contributed by atoms with van der Waals surface area (Å²) in [5.74, 6) is 1.52. The largest absolute Gasteiger partial charge is 0.466 e. The Balaban J connectivity index is 1.87. The van der Waals surface area contributed by atoms with E-state index in [1.807, 2.05) is 26.8 Å². The lowest BCUT2D eigenvalue weighted by atomic mass is 9.44. The van der Waals surface area contributed by atoms with Crippen LogP contribution in [0.5, 0.6) is 0 Å². The number of rotatable bonds is 7. The lowest BCUT2D eigenvalue weighted by Crippen LogP contribution is -2.63. The van der Waals surface area contributed by atoms with Gasteiger partial charge in [-0.3, -0.25) is 0 Å². The standard InChI is InChI=1S/C22H37NO4/c1-21(2,3)27-20(25)23-19-15(13-16-14-17(19)22(16,4)5)11-9-7-8-10-12-18(24)26-6/h10,12,15-17,19H,7-9,11,13-14H2,1-6H3,(H,23,25)/t15-,16-,17-,19+/m0/s1. The van der Waals surface area contributed by atoms with Crippen LogP contribution in [0.3, 0.4) is 0 Å². The number of ether oxygens (including phenoxy) is 2. The van der Waals surface area contributed by atoms with E-state index in [2.05, 4.69) is 23.9 Å². The molecular weight excluding hydrogens is 342 g/mol. The van der Waals surface area contributed by atoms with Gasteiger partial charge >= 0.3 is 12.1 Å². The Morgan fingerprint density at radius 1 is 1.19 bits per heavy atom. The number of nitrogens with one attached hydrogen (secondary N) is 1. The summed E-state index contributed by atoms with van der Waals surface area (Å²) in [5, 5.41) is 3.21. The van der Waals surface area contributed by atoms with Crippen molar-refractivity contribution in [3.05, 3.63) is 12.2 Å². The van der Waals surface area contributed by atoms with Gasteiger partial charge in [0.15, 0.2) is 0 Å². The quantitative estimate of drug-likeness (QED) is 0.390. The van der Waals surface area contributed by atoms with Crippen molar-refractivity contribution in [1.29, 1.82) is 0 Å². The summed E-state index contributed by atoms with van der Waals surface area (Å²) >= 11 is 0. The van der Waals surface area contributed by atoms with Gasteiger partial charge in [-0.2, -0.15) is 0 Å². The molecule has 0 aromatic carbocycles. The minimum atomic E-state index is -0.474. The molecule has 0 radical (unpaired) electrons. The highest BCUT2D eigenvalue weighted by atomic mass is 16.6. The average Bonchev–Trinajstić information content (AvgIpc) is 2.56. The van der Waals surface area contributed by atoms with Gasteiger partial charge in [0, 0.05) is 12.1 Å². The zero-order chi connectivity index (χ0) is 20.2. The summed E-state index contributed by atoms with van der Waals surface area (Å²) in [5.41, 5.74) is -0.169. The number of amides is 1. The molecule has 1 amide bonds. The molecule has 5 nitrogen and oxygen atoms in total. The second-order valence-corrected chi connectivity index (χ2v) is 9.74. The van der Waals surface area contributed by atoms with E-state index in [0.29, 0.717) is 17.3 Å². The molecule has 27 heavy (non-hydrogen) atoms. The van der Waals surface area contributed by atoms with Gasteiger partial charge in [-0.15, -0.1) is 0 Å². The fraction of sp³-hybridized carbons (Fsp3) is 0.818. The molecule has 1 N–H and O–H groups in total. The fourth-order valence-electron chi connectivity index (χ4n) is 4.78. The molecule has 0 unspecified atom stereocenters. The molecule has 0 aromatic rings. The first-order valence-electron chi connectivity index (χ1n) is 10.3. The predicted molar refractivity (Wildman–Crippen MR) is 106 cm³/mol. The molecule has 2 bridgehead atoms. The number of carbonyl (C=O) groups excluding carboxylic acids is 2. The molecule has 3 fully saturated rings. The number of hydrogen-bond acceptors (Lipinski definition) is 4. The summed E-state index contributed by atoms with van der Waals surface area (Å²) in [6.07, 6.45) is 9.60. The van der Waals surface area contributed by atoms with Crippen molar-refractivity contribution < 1.29 is 19.1 Å². The number of methoxy groups -OCH3 is 1. The first-order chi connectivity index (χ1) is 12.5. The second-order valence-electron chi connectivity index (χ2n) is 9.74. The highest BCUT2D eigenvalue weighted by Gasteiger charge is 2.57. The van der Waals surface area contributed by atoms with E-state index in [4.69, 9.17) is 4.74 Å². The van der Waals surface area contributed by atoms with Gasteiger partial charge < -0.3 is 14.8 Å². The monoisotopic (exact) mass is 379 g/mol. The van der Waals surface area contributed by atoms with Gasteiger partial charge in [0.2, 0.25) is 0 Å². The molecule has 0 heterocycles. The van der Waals surface area contributed by atoms with Crippen molar-refractivity contribution in [3.8, 4) is 0 Å². The molecule has 3 aliphatic carbocycles. The van der Waals surface area contributed by atoms with Crippen molar-refractivity contribution in [2.75, 3.05) is 7.11 Å². The van der Waals surface area contributed by atoms with Crippen LogP contribution >= 0.6 is 0 Å². The minimum absolute atomic E-state index is 0.200. The molecule has 0 saturated heterocycles. The number of unbranched alkanes of at least 4 members (excludes halogenated alkanes) is 2. The summed E-state index contributed by atoms with van der Waals surface area (Å²) < 4.78 is 10.1.